The van der Waals surface area contributed by atoms with E-state index in [-0.39, 0.29) is 11.2 Å². The molecule has 0 aromatic heterocycles. The number of ether oxygens (including phenoxy) is 2. The quantitative estimate of drug-likeness (QED) is 0.516. The van der Waals surface area contributed by atoms with E-state index in [0.29, 0.717) is 18.1 Å². The fourth-order valence-electron chi connectivity index (χ4n) is 3.49. The molecule has 0 unspecified atom stereocenters. The number of halogens is 2. The number of aliphatic imine (C=N–C) groups is 1. The lowest BCUT2D eigenvalue weighted by atomic mass is 9.83. The molecule has 0 bridgehead atoms. The predicted molar refractivity (Wildman–Crippen MR) is 98.7 cm³/mol. The van der Waals surface area contributed by atoms with Gasteiger partial charge in [0.2, 0.25) is 0 Å². The summed E-state index contributed by atoms with van der Waals surface area (Å²) in [5.41, 5.74) is 0.898. The van der Waals surface area contributed by atoms with E-state index in [1.54, 1.807) is 32.4 Å². The van der Waals surface area contributed by atoms with Crippen LogP contribution in [0.5, 0.6) is 5.75 Å². The first-order valence-corrected chi connectivity index (χ1v) is 9.05. The predicted octanol–water partition coefficient (Wildman–Crippen LogP) is 3.55. The summed E-state index contributed by atoms with van der Waals surface area (Å²) in [5.74, 6) is 0.832. The molecule has 2 rings (SSSR count). The molecule has 1 aliphatic carbocycles. The van der Waals surface area contributed by atoms with E-state index in [4.69, 9.17) is 4.74 Å². The third kappa shape index (κ3) is 6.12. The Kier molecular flexibility index (Phi) is 8.09. The van der Waals surface area contributed by atoms with E-state index in [1.165, 1.54) is 31.7 Å². The monoisotopic (exact) mass is 369 g/mol. The number of nitrogens with zero attached hydrogens (tertiary/aromatic N) is 1. The fourth-order valence-corrected chi connectivity index (χ4v) is 3.49. The number of hydrogen-bond donors (Lipinski definition) is 2. The number of alkyl halides is 2. The van der Waals surface area contributed by atoms with Gasteiger partial charge in [-0.25, -0.2) is 0 Å². The maximum atomic E-state index is 12.5. The minimum Gasteiger partial charge on any atom is -0.434 e. The molecule has 0 spiro atoms. The molecule has 2 N–H and O–H groups in total. The summed E-state index contributed by atoms with van der Waals surface area (Å²) in [6, 6.07) is 6.77. The molecular formula is C19H29F2N3O2. The zero-order valence-electron chi connectivity index (χ0n) is 15.6. The van der Waals surface area contributed by atoms with Gasteiger partial charge < -0.3 is 20.1 Å². The van der Waals surface area contributed by atoms with E-state index in [2.05, 4.69) is 20.4 Å². The van der Waals surface area contributed by atoms with Gasteiger partial charge in [0.1, 0.15) is 5.75 Å². The molecule has 146 valence electrons. The number of benzene rings is 1. The molecule has 0 saturated heterocycles. The highest BCUT2D eigenvalue weighted by molar-refractivity contribution is 5.79. The van der Waals surface area contributed by atoms with Crippen LogP contribution in [0.1, 0.15) is 37.7 Å². The van der Waals surface area contributed by atoms with Gasteiger partial charge in [0.25, 0.3) is 0 Å². The van der Waals surface area contributed by atoms with Crippen LogP contribution in [0.4, 0.5) is 8.78 Å². The maximum Gasteiger partial charge on any atom is 0.387 e. The summed E-state index contributed by atoms with van der Waals surface area (Å²) in [6.07, 6.45) is 5.89. The Bertz CT molecular complexity index is 576. The topological polar surface area (TPSA) is 54.9 Å². The van der Waals surface area contributed by atoms with Crippen molar-refractivity contribution in [2.45, 2.75) is 45.3 Å². The van der Waals surface area contributed by atoms with Crippen molar-refractivity contribution >= 4 is 5.96 Å². The second-order valence-electron chi connectivity index (χ2n) is 6.72. The molecule has 0 atom stereocenters. The van der Waals surface area contributed by atoms with E-state index >= 15 is 0 Å². The summed E-state index contributed by atoms with van der Waals surface area (Å²) >= 11 is 0. The highest BCUT2D eigenvalue weighted by Gasteiger charge is 2.33. The SMILES string of the molecule is CN=C(NCc1ccccc1OC(F)F)NCC1(CCOC)CCCC1. The minimum absolute atomic E-state index is 0.179. The van der Waals surface area contributed by atoms with Gasteiger partial charge in [0.05, 0.1) is 0 Å². The van der Waals surface area contributed by atoms with Gasteiger partial charge in [0, 0.05) is 39.4 Å². The summed E-state index contributed by atoms with van der Waals surface area (Å²) in [7, 11) is 3.43. The van der Waals surface area contributed by atoms with Crippen LogP contribution in [-0.4, -0.2) is 39.9 Å². The normalized spacial score (nSPS) is 16.7. The molecule has 26 heavy (non-hydrogen) atoms. The van der Waals surface area contributed by atoms with Gasteiger partial charge in [-0.3, -0.25) is 4.99 Å². The first-order valence-electron chi connectivity index (χ1n) is 9.05. The van der Waals surface area contributed by atoms with Crippen molar-refractivity contribution in [1.29, 1.82) is 0 Å². The molecule has 1 aliphatic rings. The lowest BCUT2D eigenvalue weighted by molar-refractivity contribution is -0.0504. The molecular weight excluding hydrogens is 340 g/mol. The van der Waals surface area contributed by atoms with Gasteiger partial charge in [-0.1, -0.05) is 31.0 Å². The van der Waals surface area contributed by atoms with Gasteiger partial charge in [0.15, 0.2) is 5.96 Å². The van der Waals surface area contributed by atoms with Crippen LogP contribution in [0.2, 0.25) is 0 Å². The Morgan fingerprint density at radius 1 is 1.23 bits per heavy atom. The number of guanidine groups is 1. The van der Waals surface area contributed by atoms with Crippen molar-refractivity contribution < 1.29 is 18.3 Å². The standard InChI is InChI=1S/C19H29F2N3O2/c1-22-18(24-14-19(11-12-25-2)9-5-6-10-19)23-13-15-7-3-4-8-16(15)26-17(20)21/h3-4,7-8,17H,5-6,9-14H2,1-2H3,(H2,22,23,24). The number of rotatable bonds is 9. The van der Waals surface area contributed by atoms with Gasteiger partial charge in [-0.15, -0.1) is 0 Å². The average Bonchev–Trinajstić information content (AvgIpc) is 3.10. The van der Waals surface area contributed by atoms with Crippen molar-refractivity contribution in [2.24, 2.45) is 10.4 Å². The van der Waals surface area contributed by atoms with E-state index in [9.17, 15) is 8.78 Å². The molecule has 0 amide bonds. The number of hydrogen-bond acceptors (Lipinski definition) is 3. The van der Waals surface area contributed by atoms with E-state index in [0.717, 1.165) is 19.6 Å². The fraction of sp³-hybridized carbons (Fsp3) is 0.632. The van der Waals surface area contributed by atoms with Gasteiger partial charge in [-0.2, -0.15) is 8.78 Å². The zero-order valence-corrected chi connectivity index (χ0v) is 15.6. The largest absolute Gasteiger partial charge is 0.434 e. The Morgan fingerprint density at radius 3 is 2.62 bits per heavy atom. The smallest absolute Gasteiger partial charge is 0.387 e. The number of methoxy groups -OCH3 is 1. The maximum absolute atomic E-state index is 12.5. The van der Waals surface area contributed by atoms with Crippen molar-refractivity contribution in [1.82, 2.24) is 10.6 Å². The molecule has 0 radical (unpaired) electrons. The van der Waals surface area contributed by atoms with Crippen LogP contribution in [-0.2, 0) is 11.3 Å². The molecule has 1 saturated carbocycles. The van der Waals surface area contributed by atoms with Crippen LogP contribution in [0.15, 0.2) is 29.3 Å². The van der Waals surface area contributed by atoms with Crippen molar-refractivity contribution in [3.05, 3.63) is 29.8 Å². The van der Waals surface area contributed by atoms with Gasteiger partial charge in [-0.05, 0) is 30.7 Å². The average molecular weight is 369 g/mol. The lowest BCUT2D eigenvalue weighted by Gasteiger charge is -2.30. The Morgan fingerprint density at radius 2 is 1.96 bits per heavy atom. The molecule has 5 nitrogen and oxygen atoms in total. The summed E-state index contributed by atoms with van der Waals surface area (Å²) < 4.78 is 34.9. The third-order valence-electron chi connectivity index (χ3n) is 4.99. The van der Waals surface area contributed by atoms with Crippen molar-refractivity contribution in [2.75, 3.05) is 27.3 Å². The zero-order chi connectivity index (χ0) is 18.8. The summed E-state index contributed by atoms with van der Waals surface area (Å²) in [5, 5.41) is 6.57. The molecule has 7 heteroatoms. The van der Waals surface area contributed by atoms with Crippen LogP contribution in [0.3, 0.4) is 0 Å². The first kappa shape index (κ1) is 20.4. The van der Waals surface area contributed by atoms with Crippen LogP contribution < -0.4 is 15.4 Å². The van der Waals surface area contributed by atoms with Crippen LogP contribution in [0.25, 0.3) is 0 Å². The number of nitrogens with one attached hydrogen (secondary N) is 2. The van der Waals surface area contributed by atoms with E-state index < -0.39 is 6.61 Å². The summed E-state index contributed by atoms with van der Waals surface area (Å²) in [4.78, 5) is 4.24. The lowest BCUT2D eigenvalue weighted by Crippen LogP contribution is -2.43. The van der Waals surface area contributed by atoms with E-state index in [1.807, 2.05) is 0 Å². The van der Waals surface area contributed by atoms with Crippen molar-refractivity contribution in [3.8, 4) is 5.75 Å². The second-order valence-corrected chi connectivity index (χ2v) is 6.72. The highest BCUT2D eigenvalue weighted by Crippen LogP contribution is 2.40. The molecule has 1 aromatic carbocycles. The minimum atomic E-state index is -2.84. The van der Waals surface area contributed by atoms with Gasteiger partial charge >= 0.3 is 6.61 Å². The highest BCUT2D eigenvalue weighted by atomic mass is 19.3. The Labute approximate surface area is 154 Å². The molecule has 1 fully saturated rings. The third-order valence-corrected chi connectivity index (χ3v) is 4.99. The summed E-state index contributed by atoms with van der Waals surface area (Å²) in [6.45, 7) is -0.901. The second kappa shape index (κ2) is 10.3. The molecule has 0 aliphatic heterocycles. The number of para-hydroxylation sites is 1. The Balaban J connectivity index is 1.90. The first-order chi connectivity index (χ1) is 12.6. The van der Waals surface area contributed by atoms with Crippen LogP contribution >= 0.6 is 0 Å². The molecule has 1 aromatic rings. The molecule has 0 heterocycles. The Hall–Kier alpha value is -1.89. The van der Waals surface area contributed by atoms with Crippen molar-refractivity contribution in [3.63, 3.8) is 0 Å². The van der Waals surface area contributed by atoms with Crippen LogP contribution in [0, 0.1) is 5.41 Å².